The van der Waals surface area contributed by atoms with E-state index >= 15 is 0 Å². The van der Waals surface area contributed by atoms with Crippen LogP contribution in [0.15, 0.2) is 66.7 Å². The van der Waals surface area contributed by atoms with E-state index in [2.05, 4.69) is 15.7 Å². The maximum Gasteiger partial charge on any atom is 0.336 e. The Morgan fingerprint density at radius 2 is 1.66 bits per heavy atom. The molecule has 2 heterocycles. The number of nitrogens with zero attached hydrogens (tertiary/aromatic N) is 2. The molecule has 1 saturated heterocycles. The van der Waals surface area contributed by atoms with Gasteiger partial charge in [-0.15, -0.1) is 0 Å². The average Bonchev–Trinajstić information content (AvgIpc) is 3.22. The number of hydrogen-bond donors (Lipinski definition) is 2. The Bertz CT molecular complexity index is 1090. The number of hydrazine groups is 1. The zero-order valence-electron chi connectivity index (χ0n) is 17.7. The molecular weight excluding hydrogens is 408 g/mol. The normalized spacial score (nSPS) is 12.9. The summed E-state index contributed by atoms with van der Waals surface area (Å²) in [4.78, 5) is 28.9. The fourth-order valence-electron chi connectivity index (χ4n) is 3.25. The number of ether oxygens (including phenoxy) is 2. The molecule has 8 heteroatoms. The fraction of sp³-hybridized carbons (Fsp3) is 0.208. The highest BCUT2D eigenvalue weighted by molar-refractivity contribution is 5.94. The number of nitrogens with one attached hydrogen (secondary N) is 2. The molecule has 0 unspecified atom stereocenters. The second kappa shape index (κ2) is 9.82. The Balaban J connectivity index is 1.57. The minimum atomic E-state index is -0.496. The Labute approximate surface area is 186 Å². The Kier molecular flexibility index (Phi) is 6.50. The molecule has 0 atom stereocenters. The third-order valence-electron chi connectivity index (χ3n) is 4.90. The van der Waals surface area contributed by atoms with Gasteiger partial charge in [0.1, 0.15) is 18.9 Å². The first-order chi connectivity index (χ1) is 15.6. The Morgan fingerprint density at radius 1 is 1.03 bits per heavy atom. The first-order valence-electron chi connectivity index (χ1n) is 10.3. The van der Waals surface area contributed by atoms with Gasteiger partial charge in [0.2, 0.25) is 0 Å². The second-order valence-electron chi connectivity index (χ2n) is 7.29. The van der Waals surface area contributed by atoms with Crippen molar-refractivity contribution in [3.05, 3.63) is 89.2 Å². The van der Waals surface area contributed by atoms with Crippen LogP contribution in [0.25, 0.3) is 0 Å². The summed E-state index contributed by atoms with van der Waals surface area (Å²) in [6, 6.07) is 20.7. The van der Waals surface area contributed by atoms with E-state index < -0.39 is 5.91 Å². The molecule has 3 amide bonds. The minimum Gasteiger partial charge on any atom is -0.485 e. The molecule has 32 heavy (non-hydrogen) atoms. The molecule has 0 radical (unpaired) electrons. The third-order valence-corrected chi connectivity index (χ3v) is 4.90. The van der Waals surface area contributed by atoms with Crippen LogP contribution in [0.1, 0.15) is 27.3 Å². The first-order valence-corrected chi connectivity index (χ1v) is 10.3. The number of carbonyl (C=O) groups is 2. The highest BCUT2D eigenvalue weighted by Crippen LogP contribution is 2.32. The van der Waals surface area contributed by atoms with Crippen LogP contribution in [0, 0.1) is 6.92 Å². The molecule has 0 bridgehead atoms. The number of urea groups is 1. The van der Waals surface area contributed by atoms with Gasteiger partial charge in [0.15, 0.2) is 11.5 Å². The number of amides is 3. The lowest BCUT2D eigenvalue weighted by Crippen LogP contribution is -2.44. The molecule has 1 aromatic heterocycles. The van der Waals surface area contributed by atoms with E-state index in [1.807, 2.05) is 60.7 Å². The number of aromatic nitrogens is 1. The Morgan fingerprint density at radius 3 is 2.25 bits per heavy atom. The van der Waals surface area contributed by atoms with Gasteiger partial charge in [-0.05, 0) is 18.1 Å². The van der Waals surface area contributed by atoms with Gasteiger partial charge in [0, 0.05) is 12.6 Å². The molecule has 2 N–H and O–H groups in total. The lowest BCUT2D eigenvalue weighted by atomic mass is 10.2. The van der Waals surface area contributed by atoms with E-state index in [0.717, 1.165) is 11.1 Å². The van der Waals surface area contributed by atoms with Gasteiger partial charge >= 0.3 is 6.03 Å². The Hall–Kier alpha value is -4.07. The molecule has 164 valence electrons. The van der Waals surface area contributed by atoms with E-state index in [-0.39, 0.29) is 11.7 Å². The monoisotopic (exact) mass is 432 g/mol. The lowest BCUT2D eigenvalue weighted by Gasteiger charge is -2.18. The number of hydrogen-bond acceptors (Lipinski definition) is 5. The number of carbonyl (C=O) groups excluding carboxylic acids is 2. The van der Waals surface area contributed by atoms with Gasteiger partial charge in [-0.3, -0.25) is 10.2 Å². The highest BCUT2D eigenvalue weighted by Gasteiger charge is 2.24. The zero-order chi connectivity index (χ0) is 22.3. The molecule has 0 aliphatic carbocycles. The summed E-state index contributed by atoms with van der Waals surface area (Å²) in [6.07, 6.45) is 0. The molecule has 4 rings (SSSR count). The summed E-state index contributed by atoms with van der Waals surface area (Å²) in [5, 5.41) is 3.86. The van der Waals surface area contributed by atoms with Crippen molar-refractivity contribution in [2.45, 2.75) is 20.1 Å². The molecule has 2 aromatic carbocycles. The van der Waals surface area contributed by atoms with Crippen LogP contribution in [-0.2, 0) is 13.2 Å². The SMILES string of the molecule is Cc1nc(C(=O)NN2CCNC2=O)cc(OCc2ccccc2)c1OCc1ccccc1. The van der Waals surface area contributed by atoms with Crippen molar-refractivity contribution < 1.29 is 19.1 Å². The molecule has 0 saturated carbocycles. The summed E-state index contributed by atoms with van der Waals surface area (Å²) in [5.74, 6) is 0.387. The van der Waals surface area contributed by atoms with Crippen molar-refractivity contribution in [2.75, 3.05) is 13.1 Å². The molecule has 0 spiro atoms. The molecular formula is C24H24N4O4. The van der Waals surface area contributed by atoms with Gasteiger partial charge in [-0.2, -0.15) is 0 Å². The van der Waals surface area contributed by atoms with Crippen LogP contribution >= 0.6 is 0 Å². The van der Waals surface area contributed by atoms with Crippen molar-refractivity contribution >= 4 is 11.9 Å². The zero-order valence-corrected chi connectivity index (χ0v) is 17.7. The van der Waals surface area contributed by atoms with Crippen molar-refractivity contribution in [2.24, 2.45) is 0 Å². The summed E-state index contributed by atoms with van der Waals surface area (Å²) in [7, 11) is 0. The van der Waals surface area contributed by atoms with Crippen LogP contribution in [0.3, 0.4) is 0 Å². The summed E-state index contributed by atoms with van der Waals surface area (Å²) in [6.45, 7) is 3.27. The van der Waals surface area contributed by atoms with Gasteiger partial charge in [-0.25, -0.2) is 14.8 Å². The molecule has 3 aromatic rings. The van der Waals surface area contributed by atoms with Crippen LogP contribution in [0.4, 0.5) is 4.79 Å². The fourth-order valence-corrected chi connectivity index (χ4v) is 3.25. The number of benzene rings is 2. The van der Waals surface area contributed by atoms with E-state index in [1.54, 1.807) is 13.0 Å². The van der Waals surface area contributed by atoms with Crippen LogP contribution < -0.4 is 20.2 Å². The number of aryl methyl sites for hydroxylation is 1. The predicted octanol–water partition coefficient (Wildman–Crippen LogP) is 3.22. The molecule has 8 nitrogen and oxygen atoms in total. The predicted molar refractivity (Wildman–Crippen MR) is 118 cm³/mol. The lowest BCUT2D eigenvalue weighted by molar-refractivity contribution is 0.0846. The van der Waals surface area contributed by atoms with Crippen LogP contribution in [0.2, 0.25) is 0 Å². The van der Waals surface area contributed by atoms with Crippen molar-refractivity contribution in [1.29, 1.82) is 0 Å². The highest BCUT2D eigenvalue weighted by atomic mass is 16.5. The van der Waals surface area contributed by atoms with E-state index in [1.165, 1.54) is 5.01 Å². The summed E-state index contributed by atoms with van der Waals surface area (Å²) >= 11 is 0. The largest absolute Gasteiger partial charge is 0.485 e. The topological polar surface area (TPSA) is 92.8 Å². The van der Waals surface area contributed by atoms with Crippen molar-refractivity contribution in [1.82, 2.24) is 20.7 Å². The molecule has 1 aliphatic heterocycles. The third kappa shape index (κ3) is 5.15. The van der Waals surface area contributed by atoms with Crippen molar-refractivity contribution in [3.8, 4) is 11.5 Å². The molecule has 1 fully saturated rings. The van der Waals surface area contributed by atoms with Crippen LogP contribution in [0.5, 0.6) is 11.5 Å². The average molecular weight is 432 g/mol. The standard InChI is InChI=1S/C24H24N4O4/c1-17-22(32-16-19-10-6-3-7-11-19)21(31-15-18-8-4-2-5-9-18)14-20(26-17)23(29)27-28-13-12-25-24(28)30/h2-11,14H,12-13,15-16H2,1H3,(H,25,30)(H,27,29). The summed E-state index contributed by atoms with van der Waals surface area (Å²) in [5.41, 5.74) is 5.21. The first kappa shape index (κ1) is 21.2. The smallest absolute Gasteiger partial charge is 0.336 e. The number of rotatable bonds is 8. The van der Waals surface area contributed by atoms with Crippen LogP contribution in [-0.4, -0.2) is 35.0 Å². The van der Waals surface area contributed by atoms with Gasteiger partial charge in [0.05, 0.1) is 12.2 Å². The van der Waals surface area contributed by atoms with E-state index in [0.29, 0.717) is 43.5 Å². The maximum atomic E-state index is 12.7. The quantitative estimate of drug-likeness (QED) is 0.570. The van der Waals surface area contributed by atoms with Gasteiger partial charge in [0.25, 0.3) is 5.91 Å². The van der Waals surface area contributed by atoms with Gasteiger partial charge < -0.3 is 14.8 Å². The van der Waals surface area contributed by atoms with Crippen molar-refractivity contribution in [3.63, 3.8) is 0 Å². The summed E-state index contributed by atoms with van der Waals surface area (Å²) < 4.78 is 12.1. The van der Waals surface area contributed by atoms with E-state index in [9.17, 15) is 9.59 Å². The minimum absolute atomic E-state index is 0.136. The van der Waals surface area contributed by atoms with Gasteiger partial charge in [-0.1, -0.05) is 60.7 Å². The maximum absolute atomic E-state index is 12.7. The second-order valence-corrected chi connectivity index (χ2v) is 7.29. The molecule has 1 aliphatic rings. The van der Waals surface area contributed by atoms with E-state index in [4.69, 9.17) is 9.47 Å². The number of pyridine rings is 1.